The maximum absolute atomic E-state index is 11.7. The number of rotatable bonds is 6. The van der Waals surface area contributed by atoms with Gasteiger partial charge in [-0.05, 0) is 32.0 Å². The van der Waals surface area contributed by atoms with Gasteiger partial charge < -0.3 is 9.47 Å². The molecule has 0 saturated carbocycles. The number of ether oxygens (including phenoxy) is 2. The molecule has 1 aromatic rings. The molecule has 116 valence electrons. The van der Waals surface area contributed by atoms with Gasteiger partial charge in [-0.15, -0.1) is 0 Å². The van der Waals surface area contributed by atoms with E-state index in [4.69, 9.17) is 9.47 Å². The molecule has 1 rings (SSSR count). The second kappa shape index (κ2) is 7.07. The van der Waals surface area contributed by atoms with Gasteiger partial charge in [-0.1, -0.05) is 0 Å². The first-order chi connectivity index (χ1) is 9.76. The molecule has 0 unspecified atom stereocenters. The Morgan fingerprint density at radius 3 is 1.76 bits per heavy atom. The molecule has 0 aliphatic carbocycles. The third-order valence-corrected chi connectivity index (χ3v) is 2.87. The van der Waals surface area contributed by atoms with Crippen molar-refractivity contribution in [2.24, 2.45) is 0 Å². The number of esters is 2. The van der Waals surface area contributed by atoms with Crippen LogP contribution in [0.2, 0.25) is 0 Å². The summed E-state index contributed by atoms with van der Waals surface area (Å²) in [7, 11) is -3.54. The van der Waals surface area contributed by atoms with Crippen molar-refractivity contribution >= 4 is 27.6 Å². The van der Waals surface area contributed by atoms with Gasteiger partial charge in [0.2, 0.25) is 10.0 Å². The van der Waals surface area contributed by atoms with Crippen LogP contribution in [0.15, 0.2) is 18.2 Å². The number of carbonyl (C=O) groups is 2. The quantitative estimate of drug-likeness (QED) is 0.797. The van der Waals surface area contributed by atoms with Crippen molar-refractivity contribution in [2.75, 3.05) is 24.2 Å². The Kier molecular flexibility index (Phi) is 5.71. The van der Waals surface area contributed by atoms with E-state index in [0.29, 0.717) is 0 Å². The highest BCUT2D eigenvalue weighted by Gasteiger charge is 2.16. The zero-order valence-corrected chi connectivity index (χ0v) is 12.8. The van der Waals surface area contributed by atoms with Crippen LogP contribution in [0.4, 0.5) is 5.69 Å². The van der Waals surface area contributed by atoms with Crippen LogP contribution in [0.25, 0.3) is 0 Å². The number of hydrogen-bond donors (Lipinski definition) is 1. The van der Waals surface area contributed by atoms with Crippen molar-refractivity contribution in [1.82, 2.24) is 0 Å². The SMILES string of the molecule is CCOC(=O)c1cc(NS(C)(=O)=O)cc(C(=O)OCC)c1. The molecule has 0 fully saturated rings. The van der Waals surface area contributed by atoms with Gasteiger partial charge >= 0.3 is 11.9 Å². The summed E-state index contributed by atoms with van der Waals surface area (Å²) in [5.74, 6) is -1.31. The van der Waals surface area contributed by atoms with E-state index in [9.17, 15) is 18.0 Å². The molecule has 0 spiro atoms. The first kappa shape index (κ1) is 17.0. The summed E-state index contributed by atoms with van der Waals surface area (Å²) in [6, 6.07) is 3.88. The highest BCUT2D eigenvalue weighted by molar-refractivity contribution is 7.92. The number of anilines is 1. The molecule has 7 nitrogen and oxygen atoms in total. The molecule has 0 radical (unpaired) electrons. The van der Waals surface area contributed by atoms with Crippen molar-refractivity contribution in [3.05, 3.63) is 29.3 Å². The normalized spacial score (nSPS) is 10.8. The van der Waals surface area contributed by atoms with Gasteiger partial charge in [0.15, 0.2) is 0 Å². The highest BCUT2D eigenvalue weighted by atomic mass is 32.2. The van der Waals surface area contributed by atoms with Crippen molar-refractivity contribution in [3.63, 3.8) is 0 Å². The Hall–Kier alpha value is -2.09. The molecular weight excluding hydrogens is 298 g/mol. The van der Waals surface area contributed by atoms with Crippen LogP contribution in [0, 0.1) is 0 Å². The largest absolute Gasteiger partial charge is 0.462 e. The van der Waals surface area contributed by atoms with Crippen LogP contribution in [0.5, 0.6) is 0 Å². The number of nitrogens with one attached hydrogen (secondary N) is 1. The molecule has 0 amide bonds. The number of hydrogen-bond acceptors (Lipinski definition) is 6. The van der Waals surface area contributed by atoms with E-state index in [2.05, 4.69) is 4.72 Å². The van der Waals surface area contributed by atoms with Gasteiger partial charge in [0.25, 0.3) is 0 Å². The lowest BCUT2D eigenvalue weighted by Gasteiger charge is -2.10. The second-order valence-corrected chi connectivity index (χ2v) is 5.86. The van der Waals surface area contributed by atoms with Crippen molar-refractivity contribution < 1.29 is 27.5 Å². The maximum Gasteiger partial charge on any atom is 0.338 e. The predicted octanol–water partition coefficient (Wildman–Crippen LogP) is 1.41. The lowest BCUT2D eigenvalue weighted by molar-refractivity contribution is 0.0525. The monoisotopic (exact) mass is 315 g/mol. The summed E-state index contributed by atoms with van der Waals surface area (Å²) in [5, 5.41) is 0. The second-order valence-electron chi connectivity index (χ2n) is 4.11. The fraction of sp³-hybridized carbons (Fsp3) is 0.385. The Balaban J connectivity index is 3.25. The van der Waals surface area contributed by atoms with Crippen molar-refractivity contribution in [1.29, 1.82) is 0 Å². The van der Waals surface area contributed by atoms with Crippen LogP contribution in [-0.2, 0) is 19.5 Å². The highest BCUT2D eigenvalue weighted by Crippen LogP contribution is 2.18. The van der Waals surface area contributed by atoms with E-state index in [1.54, 1.807) is 13.8 Å². The molecule has 0 bridgehead atoms. The molecule has 0 atom stereocenters. The Morgan fingerprint density at radius 1 is 1.00 bits per heavy atom. The minimum absolute atomic E-state index is 0.0635. The molecule has 0 saturated heterocycles. The molecule has 8 heteroatoms. The molecule has 1 aromatic carbocycles. The molecule has 0 heterocycles. The first-order valence-corrected chi connectivity index (χ1v) is 8.13. The molecule has 0 aliphatic heterocycles. The van der Waals surface area contributed by atoms with E-state index in [1.807, 2.05) is 0 Å². The Bertz CT molecular complexity index is 602. The number of sulfonamides is 1. The first-order valence-electron chi connectivity index (χ1n) is 6.24. The lowest BCUT2D eigenvalue weighted by Crippen LogP contribution is -2.13. The van der Waals surface area contributed by atoms with Gasteiger partial charge in [0, 0.05) is 0 Å². The van der Waals surface area contributed by atoms with E-state index < -0.39 is 22.0 Å². The average Bonchev–Trinajstić information content (AvgIpc) is 2.37. The number of carbonyl (C=O) groups excluding carboxylic acids is 2. The van der Waals surface area contributed by atoms with Crippen LogP contribution in [-0.4, -0.2) is 39.8 Å². The molecule has 0 aliphatic rings. The summed E-state index contributed by atoms with van der Waals surface area (Å²) in [4.78, 5) is 23.5. The lowest BCUT2D eigenvalue weighted by atomic mass is 10.1. The zero-order valence-electron chi connectivity index (χ0n) is 12.0. The van der Waals surface area contributed by atoms with Gasteiger partial charge in [-0.25, -0.2) is 18.0 Å². The van der Waals surface area contributed by atoms with Gasteiger partial charge in [-0.3, -0.25) is 4.72 Å². The Morgan fingerprint density at radius 2 is 1.43 bits per heavy atom. The van der Waals surface area contributed by atoms with E-state index in [-0.39, 0.29) is 30.0 Å². The van der Waals surface area contributed by atoms with Crippen LogP contribution < -0.4 is 4.72 Å². The van der Waals surface area contributed by atoms with Gasteiger partial charge in [0.1, 0.15) is 0 Å². The fourth-order valence-corrected chi connectivity index (χ4v) is 2.11. The smallest absolute Gasteiger partial charge is 0.338 e. The molecule has 0 aromatic heterocycles. The number of benzene rings is 1. The third kappa shape index (κ3) is 5.42. The van der Waals surface area contributed by atoms with E-state index in [1.165, 1.54) is 18.2 Å². The van der Waals surface area contributed by atoms with E-state index >= 15 is 0 Å². The minimum atomic E-state index is -3.54. The zero-order chi connectivity index (χ0) is 16.0. The summed E-state index contributed by atoms with van der Waals surface area (Å²) in [6.07, 6.45) is 0.966. The predicted molar refractivity (Wildman–Crippen MR) is 76.8 cm³/mol. The van der Waals surface area contributed by atoms with Crippen LogP contribution in [0.1, 0.15) is 34.6 Å². The Labute approximate surface area is 123 Å². The van der Waals surface area contributed by atoms with Crippen molar-refractivity contribution in [2.45, 2.75) is 13.8 Å². The summed E-state index contributed by atoms with van der Waals surface area (Å²) in [6.45, 7) is 3.61. The standard InChI is InChI=1S/C13H17NO6S/c1-4-19-12(15)9-6-10(13(16)20-5-2)8-11(7-9)14-21(3,17)18/h6-8,14H,4-5H2,1-3H3. The van der Waals surface area contributed by atoms with Gasteiger partial charge in [-0.2, -0.15) is 0 Å². The minimum Gasteiger partial charge on any atom is -0.462 e. The van der Waals surface area contributed by atoms with Crippen molar-refractivity contribution in [3.8, 4) is 0 Å². The summed E-state index contributed by atoms with van der Waals surface area (Å²) < 4.78 is 34.4. The third-order valence-electron chi connectivity index (χ3n) is 2.26. The van der Waals surface area contributed by atoms with Crippen LogP contribution in [0.3, 0.4) is 0 Å². The van der Waals surface area contributed by atoms with E-state index in [0.717, 1.165) is 6.26 Å². The topological polar surface area (TPSA) is 98.8 Å². The summed E-state index contributed by atoms with van der Waals surface area (Å²) in [5.41, 5.74) is 0.216. The average molecular weight is 315 g/mol. The molecule has 21 heavy (non-hydrogen) atoms. The molecule has 1 N–H and O–H groups in total. The maximum atomic E-state index is 11.7. The fourth-order valence-electron chi connectivity index (χ4n) is 1.57. The van der Waals surface area contributed by atoms with Gasteiger partial charge in [0.05, 0.1) is 36.3 Å². The molecular formula is C13H17NO6S. The summed E-state index contributed by atoms with van der Waals surface area (Å²) >= 11 is 0. The van der Waals surface area contributed by atoms with Crippen LogP contribution >= 0.6 is 0 Å².